The van der Waals surface area contributed by atoms with Gasteiger partial charge in [0.15, 0.2) is 0 Å². The molecule has 1 N–H and O–H groups in total. The van der Waals surface area contributed by atoms with Crippen molar-refractivity contribution in [3.8, 4) is 0 Å². The molecule has 0 aliphatic rings. The van der Waals surface area contributed by atoms with Crippen LogP contribution in [-0.4, -0.2) is 11.9 Å². The number of carbonyl (C=O) groups is 1. The molecule has 0 aliphatic carbocycles. The highest BCUT2D eigenvalue weighted by Gasteiger charge is 1.95. The molecule has 0 bridgehead atoms. The minimum atomic E-state index is -0.0103. The zero-order valence-electron chi connectivity index (χ0n) is 7.35. The third kappa shape index (κ3) is 6.84. The molecule has 11 heavy (non-hydrogen) atoms. The van der Waals surface area contributed by atoms with E-state index in [1.54, 1.807) is 0 Å². The van der Waals surface area contributed by atoms with Crippen LogP contribution in [0.1, 0.15) is 20.8 Å². The Hall–Kier alpha value is -1.05. The summed E-state index contributed by atoms with van der Waals surface area (Å²) in [5.41, 5.74) is 0.988. The molecule has 0 radical (unpaired) electrons. The fourth-order valence-corrected chi connectivity index (χ4v) is 0.677. The molecule has 0 aromatic heterocycles. The summed E-state index contributed by atoms with van der Waals surface area (Å²) >= 11 is 0. The van der Waals surface area contributed by atoms with Crippen molar-refractivity contribution in [3.63, 3.8) is 0 Å². The summed E-state index contributed by atoms with van der Waals surface area (Å²) in [6.45, 7) is 9.04. The summed E-state index contributed by atoms with van der Waals surface area (Å²) in [6.07, 6.45) is 3.80. The van der Waals surface area contributed by atoms with Crippen molar-refractivity contribution in [2.45, 2.75) is 26.8 Å². The van der Waals surface area contributed by atoms with E-state index >= 15 is 0 Å². The first-order chi connectivity index (χ1) is 5.02. The number of rotatable bonds is 3. The normalized spacial score (nSPS) is 13.0. The lowest BCUT2D eigenvalue weighted by Crippen LogP contribution is -2.28. The number of carbonyl (C=O) groups excluding carboxylic acids is 1. The monoisotopic (exact) mass is 153 g/mol. The molecule has 0 spiro atoms. The van der Waals surface area contributed by atoms with Gasteiger partial charge in [-0.25, -0.2) is 0 Å². The molecule has 1 unspecified atom stereocenters. The number of hydrogen-bond donors (Lipinski definition) is 1. The van der Waals surface area contributed by atoms with Crippen LogP contribution in [0.15, 0.2) is 24.3 Å². The van der Waals surface area contributed by atoms with Crippen molar-refractivity contribution in [2.24, 2.45) is 0 Å². The largest absolute Gasteiger partial charge is 0.350 e. The molecule has 0 aliphatic heterocycles. The Bertz CT molecular complexity index is 182. The standard InChI is InChI=1S/C9H15NO/c1-7(2)5-6-8(3)10-9(4)11/h5-6,8H,1H2,2-4H3,(H,10,11)/b6-5-. The van der Waals surface area contributed by atoms with Crippen molar-refractivity contribution >= 4 is 5.91 Å². The average Bonchev–Trinajstić information content (AvgIpc) is 1.82. The summed E-state index contributed by atoms with van der Waals surface area (Å²) in [7, 11) is 0. The quantitative estimate of drug-likeness (QED) is 0.614. The number of allylic oxidation sites excluding steroid dienone is 2. The van der Waals surface area contributed by atoms with Crippen LogP contribution < -0.4 is 5.32 Å². The number of nitrogens with one attached hydrogen (secondary N) is 1. The lowest BCUT2D eigenvalue weighted by atomic mass is 10.2. The van der Waals surface area contributed by atoms with Gasteiger partial charge in [0.05, 0.1) is 0 Å². The lowest BCUT2D eigenvalue weighted by molar-refractivity contribution is -0.119. The molecule has 62 valence electrons. The second-order valence-corrected chi connectivity index (χ2v) is 2.69. The Balaban J connectivity index is 3.77. The van der Waals surface area contributed by atoms with Crippen LogP contribution in [0, 0.1) is 0 Å². The predicted molar refractivity (Wildman–Crippen MR) is 47.2 cm³/mol. The van der Waals surface area contributed by atoms with Crippen LogP contribution in [0.5, 0.6) is 0 Å². The lowest BCUT2D eigenvalue weighted by Gasteiger charge is -2.05. The zero-order chi connectivity index (χ0) is 8.85. The first-order valence-electron chi connectivity index (χ1n) is 3.63. The molecule has 0 saturated heterocycles. The second-order valence-electron chi connectivity index (χ2n) is 2.69. The van der Waals surface area contributed by atoms with E-state index in [1.165, 1.54) is 6.92 Å². The number of hydrogen-bond acceptors (Lipinski definition) is 1. The minimum Gasteiger partial charge on any atom is -0.350 e. The fraction of sp³-hybridized carbons (Fsp3) is 0.444. The van der Waals surface area contributed by atoms with Gasteiger partial charge < -0.3 is 5.32 Å². The van der Waals surface area contributed by atoms with E-state index in [1.807, 2.05) is 26.0 Å². The van der Waals surface area contributed by atoms with Gasteiger partial charge in [-0.05, 0) is 13.8 Å². The summed E-state index contributed by atoms with van der Waals surface area (Å²) in [5, 5.41) is 2.73. The van der Waals surface area contributed by atoms with Gasteiger partial charge in [-0.1, -0.05) is 24.3 Å². The van der Waals surface area contributed by atoms with Crippen LogP contribution in [-0.2, 0) is 4.79 Å². The van der Waals surface area contributed by atoms with E-state index in [0.29, 0.717) is 0 Å². The summed E-state index contributed by atoms with van der Waals surface area (Å²) < 4.78 is 0. The Morgan fingerprint density at radius 3 is 2.45 bits per heavy atom. The van der Waals surface area contributed by atoms with Gasteiger partial charge in [-0.15, -0.1) is 0 Å². The van der Waals surface area contributed by atoms with E-state index < -0.39 is 0 Å². The average molecular weight is 153 g/mol. The molecule has 0 fully saturated rings. The van der Waals surface area contributed by atoms with E-state index in [2.05, 4.69) is 11.9 Å². The maximum atomic E-state index is 10.5. The molecule has 0 saturated carbocycles. The minimum absolute atomic E-state index is 0.0103. The van der Waals surface area contributed by atoms with Gasteiger partial charge in [-0.2, -0.15) is 0 Å². The molecule has 0 rings (SSSR count). The van der Waals surface area contributed by atoms with Crippen molar-refractivity contribution in [1.82, 2.24) is 5.32 Å². The first-order valence-corrected chi connectivity index (χ1v) is 3.63. The summed E-state index contributed by atoms with van der Waals surface area (Å²) in [5.74, 6) is -0.0103. The highest BCUT2D eigenvalue weighted by atomic mass is 16.1. The maximum absolute atomic E-state index is 10.5. The van der Waals surface area contributed by atoms with Crippen LogP contribution >= 0.6 is 0 Å². The van der Waals surface area contributed by atoms with Gasteiger partial charge >= 0.3 is 0 Å². The van der Waals surface area contributed by atoms with Crippen molar-refractivity contribution in [2.75, 3.05) is 0 Å². The molecular weight excluding hydrogens is 138 g/mol. The van der Waals surface area contributed by atoms with Crippen LogP contribution in [0.25, 0.3) is 0 Å². The third-order valence-corrected chi connectivity index (χ3v) is 1.10. The molecule has 1 amide bonds. The fourth-order valence-electron chi connectivity index (χ4n) is 0.677. The molecule has 0 aromatic rings. The van der Waals surface area contributed by atoms with Gasteiger partial charge in [0.25, 0.3) is 0 Å². The number of amides is 1. The van der Waals surface area contributed by atoms with Crippen molar-refractivity contribution in [3.05, 3.63) is 24.3 Å². The Labute approximate surface area is 68.0 Å². The van der Waals surface area contributed by atoms with E-state index in [-0.39, 0.29) is 11.9 Å². The molecule has 0 heterocycles. The maximum Gasteiger partial charge on any atom is 0.217 e. The van der Waals surface area contributed by atoms with E-state index in [9.17, 15) is 4.79 Å². The van der Waals surface area contributed by atoms with Gasteiger partial charge in [0, 0.05) is 13.0 Å². The third-order valence-electron chi connectivity index (χ3n) is 1.10. The molecular formula is C9H15NO. The highest BCUT2D eigenvalue weighted by molar-refractivity contribution is 5.73. The molecule has 2 heteroatoms. The topological polar surface area (TPSA) is 29.1 Å². The van der Waals surface area contributed by atoms with Gasteiger partial charge in [-0.3, -0.25) is 4.79 Å². The van der Waals surface area contributed by atoms with Crippen LogP contribution in [0.4, 0.5) is 0 Å². The van der Waals surface area contributed by atoms with Gasteiger partial charge in [0.1, 0.15) is 0 Å². The Kier molecular flexibility index (Phi) is 4.27. The first kappa shape index (κ1) is 9.95. The molecule has 2 nitrogen and oxygen atoms in total. The van der Waals surface area contributed by atoms with Crippen LogP contribution in [0.2, 0.25) is 0 Å². The van der Waals surface area contributed by atoms with E-state index in [0.717, 1.165) is 5.57 Å². The summed E-state index contributed by atoms with van der Waals surface area (Å²) in [6, 6.07) is 0.0872. The Morgan fingerprint density at radius 1 is 1.55 bits per heavy atom. The highest BCUT2D eigenvalue weighted by Crippen LogP contribution is 1.91. The van der Waals surface area contributed by atoms with Crippen LogP contribution in [0.3, 0.4) is 0 Å². The van der Waals surface area contributed by atoms with E-state index in [4.69, 9.17) is 0 Å². The van der Waals surface area contributed by atoms with Crippen molar-refractivity contribution in [1.29, 1.82) is 0 Å². The Morgan fingerprint density at radius 2 is 2.09 bits per heavy atom. The molecule has 0 aromatic carbocycles. The molecule has 1 atom stereocenters. The SMILES string of the molecule is C=C(C)/C=C\C(C)NC(C)=O. The smallest absolute Gasteiger partial charge is 0.217 e. The zero-order valence-corrected chi connectivity index (χ0v) is 7.35. The summed E-state index contributed by atoms with van der Waals surface area (Å²) in [4.78, 5) is 10.5. The second kappa shape index (κ2) is 4.72. The van der Waals surface area contributed by atoms with Gasteiger partial charge in [0.2, 0.25) is 5.91 Å². The predicted octanol–water partition coefficient (Wildman–Crippen LogP) is 1.64. The van der Waals surface area contributed by atoms with Crippen molar-refractivity contribution < 1.29 is 4.79 Å².